The second-order valence-corrected chi connectivity index (χ2v) is 4.08. The van der Waals surface area contributed by atoms with Crippen molar-refractivity contribution < 1.29 is 4.79 Å². The van der Waals surface area contributed by atoms with Gasteiger partial charge in [-0.1, -0.05) is 0 Å². The molecular formula is C12H19N3O3. The lowest BCUT2D eigenvalue weighted by atomic mass is 10.1. The molecule has 0 bridgehead atoms. The number of carbonyl (C=O) groups excluding carboxylic acids is 1. The van der Waals surface area contributed by atoms with E-state index in [0.717, 1.165) is 0 Å². The summed E-state index contributed by atoms with van der Waals surface area (Å²) < 4.78 is 0. The van der Waals surface area contributed by atoms with E-state index in [1.807, 2.05) is 13.8 Å². The zero-order valence-corrected chi connectivity index (χ0v) is 11.0. The van der Waals surface area contributed by atoms with Gasteiger partial charge in [-0.15, -0.1) is 0 Å². The highest BCUT2D eigenvalue weighted by atomic mass is 16.2. The minimum absolute atomic E-state index is 0.0185. The number of hydrogen-bond donors (Lipinski definition) is 2. The van der Waals surface area contributed by atoms with Gasteiger partial charge >= 0.3 is 5.69 Å². The third-order valence-electron chi connectivity index (χ3n) is 2.96. The molecule has 18 heavy (non-hydrogen) atoms. The first-order valence-corrected chi connectivity index (χ1v) is 6.09. The van der Waals surface area contributed by atoms with Crippen molar-refractivity contribution in [3.05, 3.63) is 32.1 Å². The van der Waals surface area contributed by atoms with E-state index in [4.69, 9.17) is 0 Å². The van der Waals surface area contributed by atoms with E-state index >= 15 is 0 Å². The molecule has 0 aliphatic carbocycles. The van der Waals surface area contributed by atoms with Crippen molar-refractivity contribution in [2.45, 2.75) is 33.6 Å². The highest BCUT2D eigenvalue weighted by Gasteiger charge is 2.12. The lowest BCUT2D eigenvalue weighted by Gasteiger charge is -2.18. The van der Waals surface area contributed by atoms with Crippen LogP contribution < -0.4 is 11.2 Å². The van der Waals surface area contributed by atoms with Crippen LogP contribution in [0.3, 0.4) is 0 Å². The van der Waals surface area contributed by atoms with E-state index in [1.54, 1.807) is 11.8 Å². The van der Waals surface area contributed by atoms with Crippen LogP contribution >= 0.6 is 0 Å². The minimum Gasteiger partial charge on any atom is -0.343 e. The standard InChI is InChI=1S/C12H19N3O3/c1-4-15(5-2)10(16)7-6-9-8(3)13-12(18)14-11(9)17/h4-7H2,1-3H3,(H2,13,14,17,18). The van der Waals surface area contributed by atoms with Gasteiger partial charge in [0.1, 0.15) is 0 Å². The van der Waals surface area contributed by atoms with E-state index in [-0.39, 0.29) is 12.3 Å². The molecule has 1 amide bonds. The molecule has 0 aliphatic rings. The Morgan fingerprint density at radius 3 is 2.28 bits per heavy atom. The molecule has 6 heteroatoms. The van der Waals surface area contributed by atoms with Crippen LogP contribution in [0.5, 0.6) is 0 Å². The van der Waals surface area contributed by atoms with Crippen molar-refractivity contribution in [2.75, 3.05) is 13.1 Å². The van der Waals surface area contributed by atoms with Gasteiger partial charge in [-0.2, -0.15) is 0 Å². The number of amides is 1. The minimum atomic E-state index is -0.517. The number of H-pyrrole nitrogens is 2. The third-order valence-corrected chi connectivity index (χ3v) is 2.96. The first-order chi connectivity index (χ1) is 8.49. The molecule has 0 saturated carbocycles. The molecule has 0 aliphatic heterocycles. The first-order valence-electron chi connectivity index (χ1n) is 6.09. The lowest BCUT2D eigenvalue weighted by Crippen LogP contribution is -2.32. The molecule has 1 rings (SSSR count). The number of aromatic nitrogens is 2. The summed E-state index contributed by atoms with van der Waals surface area (Å²) in [5.74, 6) is 0.0185. The van der Waals surface area contributed by atoms with E-state index in [0.29, 0.717) is 30.8 Å². The summed E-state index contributed by atoms with van der Waals surface area (Å²) in [6.45, 7) is 6.82. The van der Waals surface area contributed by atoms with Crippen LogP contribution in [-0.2, 0) is 11.2 Å². The molecule has 1 aromatic heterocycles. The van der Waals surface area contributed by atoms with Gasteiger partial charge in [0.2, 0.25) is 5.91 Å². The van der Waals surface area contributed by atoms with Crippen molar-refractivity contribution >= 4 is 5.91 Å². The molecular weight excluding hydrogens is 234 g/mol. The van der Waals surface area contributed by atoms with E-state index in [2.05, 4.69) is 9.97 Å². The number of aryl methyl sites for hydroxylation is 1. The Kier molecular flexibility index (Phi) is 4.88. The van der Waals surface area contributed by atoms with Gasteiger partial charge in [-0.3, -0.25) is 14.6 Å². The zero-order chi connectivity index (χ0) is 13.7. The maximum Gasteiger partial charge on any atom is 0.325 e. The topological polar surface area (TPSA) is 86.0 Å². The number of nitrogens with one attached hydrogen (secondary N) is 2. The number of carbonyl (C=O) groups is 1. The summed E-state index contributed by atoms with van der Waals surface area (Å²) in [7, 11) is 0. The molecule has 1 heterocycles. The van der Waals surface area contributed by atoms with Gasteiger partial charge in [-0.25, -0.2) is 4.79 Å². The molecule has 2 N–H and O–H groups in total. The average Bonchev–Trinajstić information content (AvgIpc) is 2.29. The van der Waals surface area contributed by atoms with E-state index < -0.39 is 11.2 Å². The molecule has 0 radical (unpaired) electrons. The number of aromatic amines is 2. The number of rotatable bonds is 5. The Labute approximate surface area is 105 Å². The van der Waals surface area contributed by atoms with Crippen molar-refractivity contribution in [3.63, 3.8) is 0 Å². The van der Waals surface area contributed by atoms with Crippen molar-refractivity contribution in [1.82, 2.24) is 14.9 Å². The largest absolute Gasteiger partial charge is 0.343 e. The van der Waals surface area contributed by atoms with Crippen molar-refractivity contribution in [1.29, 1.82) is 0 Å². The fourth-order valence-corrected chi connectivity index (χ4v) is 1.89. The molecule has 100 valence electrons. The molecule has 6 nitrogen and oxygen atoms in total. The van der Waals surface area contributed by atoms with Gasteiger partial charge in [0.25, 0.3) is 5.56 Å². The molecule has 0 spiro atoms. The van der Waals surface area contributed by atoms with Gasteiger partial charge < -0.3 is 9.88 Å². The zero-order valence-electron chi connectivity index (χ0n) is 11.0. The Balaban J connectivity index is 2.79. The summed E-state index contributed by atoms with van der Waals surface area (Å²) in [4.78, 5) is 40.8. The normalized spacial score (nSPS) is 10.4. The fraction of sp³-hybridized carbons (Fsp3) is 0.583. The Morgan fingerprint density at radius 2 is 1.78 bits per heavy atom. The van der Waals surface area contributed by atoms with Crippen LogP contribution in [0.15, 0.2) is 9.59 Å². The summed E-state index contributed by atoms with van der Waals surface area (Å²) >= 11 is 0. The second kappa shape index (κ2) is 6.18. The van der Waals surface area contributed by atoms with Crippen molar-refractivity contribution in [3.8, 4) is 0 Å². The first kappa shape index (κ1) is 14.2. The van der Waals surface area contributed by atoms with Crippen LogP contribution in [-0.4, -0.2) is 33.9 Å². The summed E-state index contributed by atoms with van der Waals surface area (Å²) in [6.07, 6.45) is 0.616. The summed E-state index contributed by atoms with van der Waals surface area (Å²) in [5, 5.41) is 0. The fourth-order valence-electron chi connectivity index (χ4n) is 1.89. The maximum atomic E-state index is 11.8. The highest BCUT2D eigenvalue weighted by Crippen LogP contribution is 2.02. The summed E-state index contributed by atoms with van der Waals surface area (Å²) in [6, 6.07) is 0. The Bertz CT molecular complexity index is 526. The third kappa shape index (κ3) is 3.32. The molecule has 0 unspecified atom stereocenters. The van der Waals surface area contributed by atoms with Gasteiger partial charge in [0.15, 0.2) is 0 Å². The Morgan fingerprint density at radius 1 is 1.17 bits per heavy atom. The van der Waals surface area contributed by atoms with Crippen LogP contribution in [0.2, 0.25) is 0 Å². The molecule has 1 aromatic rings. The van der Waals surface area contributed by atoms with E-state index in [1.165, 1.54) is 0 Å². The predicted molar refractivity (Wildman–Crippen MR) is 68.7 cm³/mol. The molecule has 0 fully saturated rings. The van der Waals surface area contributed by atoms with Gasteiger partial charge in [0, 0.05) is 30.8 Å². The van der Waals surface area contributed by atoms with Crippen molar-refractivity contribution in [2.24, 2.45) is 0 Å². The molecule has 0 saturated heterocycles. The van der Waals surface area contributed by atoms with Gasteiger partial charge in [-0.05, 0) is 27.2 Å². The van der Waals surface area contributed by atoms with Crippen LogP contribution in [0.4, 0.5) is 0 Å². The quantitative estimate of drug-likeness (QED) is 0.784. The van der Waals surface area contributed by atoms with Crippen LogP contribution in [0, 0.1) is 6.92 Å². The second-order valence-electron chi connectivity index (χ2n) is 4.08. The monoisotopic (exact) mass is 253 g/mol. The number of nitrogens with zero attached hydrogens (tertiary/aromatic N) is 1. The van der Waals surface area contributed by atoms with Gasteiger partial charge in [0.05, 0.1) is 0 Å². The molecule has 0 aromatic carbocycles. The SMILES string of the molecule is CCN(CC)C(=O)CCc1c(C)[nH]c(=O)[nH]c1=O. The predicted octanol–water partition coefficient (Wildman–Crippen LogP) is 0.173. The number of hydrogen-bond acceptors (Lipinski definition) is 3. The highest BCUT2D eigenvalue weighted by molar-refractivity contribution is 5.76. The van der Waals surface area contributed by atoms with Crippen LogP contribution in [0.1, 0.15) is 31.5 Å². The maximum absolute atomic E-state index is 11.8. The van der Waals surface area contributed by atoms with E-state index in [9.17, 15) is 14.4 Å². The average molecular weight is 253 g/mol. The van der Waals surface area contributed by atoms with Crippen LogP contribution in [0.25, 0.3) is 0 Å². The molecule has 0 atom stereocenters. The lowest BCUT2D eigenvalue weighted by molar-refractivity contribution is -0.130. The Hall–Kier alpha value is -1.85. The summed E-state index contributed by atoms with van der Waals surface area (Å²) in [5.41, 5.74) is 0.0612. The smallest absolute Gasteiger partial charge is 0.325 e.